The van der Waals surface area contributed by atoms with E-state index in [4.69, 9.17) is 9.47 Å². The van der Waals surface area contributed by atoms with Crippen LogP contribution in [0.4, 0.5) is 8.78 Å². The van der Waals surface area contributed by atoms with Gasteiger partial charge in [0.25, 0.3) is 5.91 Å². The molecule has 0 radical (unpaired) electrons. The van der Waals surface area contributed by atoms with E-state index < -0.39 is 17.5 Å². The van der Waals surface area contributed by atoms with Crippen LogP contribution in [0.25, 0.3) is 0 Å². The quantitative estimate of drug-likeness (QED) is 0.884. The molecule has 0 saturated heterocycles. The van der Waals surface area contributed by atoms with Gasteiger partial charge in [-0.3, -0.25) is 9.78 Å². The maximum Gasteiger partial charge on any atom is 0.254 e. The second kappa shape index (κ2) is 8.07. The van der Waals surface area contributed by atoms with E-state index in [2.05, 4.69) is 15.3 Å². The standard InChI is InChI=1S/C18H19F2N3O3/c1-25-16-9-21-10-17(23-16)26-13-5-3-12(4-6-13)22-18(24)14-7-2-11(19)8-15(14)20/h2,7-10,12-13H,3-6H2,1H3,(H,22,24). The molecule has 0 unspecified atom stereocenters. The molecule has 8 heteroatoms. The molecule has 1 N–H and O–H groups in total. The van der Waals surface area contributed by atoms with E-state index in [1.807, 2.05) is 0 Å². The van der Waals surface area contributed by atoms with Crippen molar-refractivity contribution in [3.05, 3.63) is 47.8 Å². The lowest BCUT2D eigenvalue weighted by Crippen LogP contribution is -2.40. The zero-order valence-corrected chi connectivity index (χ0v) is 14.2. The van der Waals surface area contributed by atoms with Crippen LogP contribution in [0.3, 0.4) is 0 Å². The third-order valence-corrected chi connectivity index (χ3v) is 4.27. The third kappa shape index (κ3) is 4.44. The highest BCUT2D eigenvalue weighted by atomic mass is 19.1. The molecule has 0 atom stereocenters. The largest absolute Gasteiger partial charge is 0.480 e. The van der Waals surface area contributed by atoms with Crippen LogP contribution in [0, 0.1) is 11.6 Å². The highest BCUT2D eigenvalue weighted by molar-refractivity contribution is 5.94. The summed E-state index contributed by atoms with van der Waals surface area (Å²) in [5, 5.41) is 2.79. The fourth-order valence-electron chi connectivity index (χ4n) is 2.92. The Hall–Kier alpha value is -2.77. The van der Waals surface area contributed by atoms with Crippen molar-refractivity contribution in [1.82, 2.24) is 15.3 Å². The van der Waals surface area contributed by atoms with Crippen molar-refractivity contribution in [3.63, 3.8) is 0 Å². The summed E-state index contributed by atoms with van der Waals surface area (Å²) in [5.41, 5.74) is -0.156. The van der Waals surface area contributed by atoms with Crippen molar-refractivity contribution in [2.24, 2.45) is 0 Å². The lowest BCUT2D eigenvalue weighted by atomic mass is 9.92. The van der Waals surface area contributed by atoms with Gasteiger partial charge in [-0.2, -0.15) is 4.98 Å². The van der Waals surface area contributed by atoms with E-state index in [1.165, 1.54) is 19.5 Å². The minimum atomic E-state index is -0.865. The van der Waals surface area contributed by atoms with Crippen molar-refractivity contribution >= 4 is 5.91 Å². The second-order valence-electron chi connectivity index (χ2n) is 6.09. The molecule has 26 heavy (non-hydrogen) atoms. The van der Waals surface area contributed by atoms with E-state index >= 15 is 0 Å². The molecule has 0 aliphatic heterocycles. The molecule has 1 aliphatic rings. The molecule has 6 nitrogen and oxygen atoms in total. The molecule has 0 spiro atoms. The molecule has 138 valence electrons. The van der Waals surface area contributed by atoms with Crippen molar-refractivity contribution in [2.75, 3.05) is 7.11 Å². The van der Waals surface area contributed by atoms with Crippen LogP contribution in [-0.4, -0.2) is 35.1 Å². The Kier molecular flexibility index (Phi) is 5.60. The third-order valence-electron chi connectivity index (χ3n) is 4.27. The minimum Gasteiger partial charge on any atom is -0.480 e. The highest BCUT2D eigenvalue weighted by Crippen LogP contribution is 2.24. The molecule has 1 aromatic heterocycles. The summed E-state index contributed by atoms with van der Waals surface area (Å²) in [4.78, 5) is 20.3. The van der Waals surface area contributed by atoms with Crippen LogP contribution < -0.4 is 14.8 Å². The molecule has 1 saturated carbocycles. The summed E-state index contributed by atoms with van der Waals surface area (Å²) < 4.78 is 37.4. The number of carbonyl (C=O) groups excluding carboxylic acids is 1. The fourth-order valence-corrected chi connectivity index (χ4v) is 2.92. The van der Waals surface area contributed by atoms with E-state index in [9.17, 15) is 13.6 Å². The van der Waals surface area contributed by atoms with Gasteiger partial charge in [-0.25, -0.2) is 8.78 Å². The highest BCUT2D eigenvalue weighted by Gasteiger charge is 2.25. The number of ether oxygens (including phenoxy) is 2. The number of halogens is 2. The van der Waals surface area contributed by atoms with Gasteiger partial charge in [-0.1, -0.05) is 0 Å². The van der Waals surface area contributed by atoms with Crippen molar-refractivity contribution in [3.8, 4) is 11.8 Å². The van der Waals surface area contributed by atoms with Gasteiger partial charge in [-0.05, 0) is 37.8 Å². The van der Waals surface area contributed by atoms with Gasteiger partial charge in [0.2, 0.25) is 11.8 Å². The second-order valence-corrected chi connectivity index (χ2v) is 6.09. The number of nitrogens with zero attached hydrogens (tertiary/aromatic N) is 2. The molecular formula is C18H19F2N3O3. The van der Waals surface area contributed by atoms with Crippen molar-refractivity contribution < 1.29 is 23.0 Å². The van der Waals surface area contributed by atoms with Crippen LogP contribution in [0.5, 0.6) is 11.8 Å². The molecule has 1 fully saturated rings. The fraction of sp³-hybridized carbons (Fsp3) is 0.389. The first kappa shape index (κ1) is 18.0. The number of aromatic nitrogens is 2. The summed E-state index contributed by atoms with van der Waals surface area (Å²) in [6, 6.07) is 2.84. The number of benzene rings is 1. The van der Waals surface area contributed by atoms with Crippen molar-refractivity contribution in [1.29, 1.82) is 0 Å². The van der Waals surface area contributed by atoms with E-state index in [0.29, 0.717) is 30.7 Å². The normalized spacial score (nSPS) is 19.7. The van der Waals surface area contributed by atoms with E-state index in [-0.39, 0.29) is 17.7 Å². The van der Waals surface area contributed by atoms with Gasteiger partial charge in [-0.15, -0.1) is 0 Å². The number of methoxy groups -OCH3 is 1. The van der Waals surface area contributed by atoms with E-state index in [0.717, 1.165) is 25.0 Å². The first-order chi connectivity index (χ1) is 12.5. The van der Waals surface area contributed by atoms with Gasteiger partial charge in [0.05, 0.1) is 25.1 Å². The Morgan fingerprint density at radius 2 is 1.88 bits per heavy atom. The topological polar surface area (TPSA) is 73.3 Å². The summed E-state index contributed by atoms with van der Waals surface area (Å²) in [5.74, 6) is -1.34. The average Bonchev–Trinajstić information content (AvgIpc) is 2.63. The number of hydrogen-bond donors (Lipinski definition) is 1. The number of nitrogens with one attached hydrogen (secondary N) is 1. The number of hydrogen-bond acceptors (Lipinski definition) is 5. The Balaban J connectivity index is 1.51. The number of carbonyl (C=O) groups is 1. The lowest BCUT2D eigenvalue weighted by Gasteiger charge is -2.29. The smallest absolute Gasteiger partial charge is 0.254 e. The minimum absolute atomic E-state index is 0.0351. The molecule has 3 rings (SSSR count). The SMILES string of the molecule is COc1cncc(OC2CCC(NC(=O)c3ccc(F)cc3F)CC2)n1. The molecule has 1 amide bonds. The summed E-state index contributed by atoms with van der Waals surface area (Å²) in [7, 11) is 1.51. The molecule has 1 aromatic carbocycles. The van der Waals surface area contributed by atoms with Crippen LogP contribution in [0.2, 0.25) is 0 Å². The van der Waals surface area contributed by atoms with Gasteiger partial charge >= 0.3 is 0 Å². The van der Waals surface area contributed by atoms with Crippen LogP contribution in [-0.2, 0) is 0 Å². The first-order valence-electron chi connectivity index (χ1n) is 8.33. The molecule has 0 bridgehead atoms. The maximum atomic E-state index is 13.7. The number of rotatable bonds is 5. The van der Waals surface area contributed by atoms with Crippen LogP contribution >= 0.6 is 0 Å². The summed E-state index contributed by atoms with van der Waals surface area (Å²) in [6.45, 7) is 0. The Bertz CT molecular complexity index is 780. The predicted octanol–water partition coefficient (Wildman–Crippen LogP) is 2.88. The zero-order valence-electron chi connectivity index (χ0n) is 14.2. The predicted molar refractivity (Wildman–Crippen MR) is 89.1 cm³/mol. The van der Waals surface area contributed by atoms with Gasteiger partial charge in [0.15, 0.2) is 0 Å². The van der Waals surface area contributed by atoms with Crippen LogP contribution in [0.1, 0.15) is 36.0 Å². The Morgan fingerprint density at radius 1 is 1.15 bits per heavy atom. The van der Waals surface area contributed by atoms with Gasteiger partial charge < -0.3 is 14.8 Å². The molecular weight excluding hydrogens is 344 g/mol. The van der Waals surface area contributed by atoms with Gasteiger partial charge in [0, 0.05) is 12.1 Å². The average molecular weight is 363 g/mol. The molecule has 1 heterocycles. The summed E-state index contributed by atoms with van der Waals surface area (Å²) in [6.07, 6.45) is 5.80. The lowest BCUT2D eigenvalue weighted by molar-refractivity contribution is 0.0885. The van der Waals surface area contributed by atoms with E-state index in [1.54, 1.807) is 0 Å². The molecule has 2 aromatic rings. The summed E-state index contributed by atoms with van der Waals surface area (Å²) >= 11 is 0. The Morgan fingerprint density at radius 3 is 2.58 bits per heavy atom. The zero-order chi connectivity index (χ0) is 18.5. The number of amides is 1. The molecule has 1 aliphatic carbocycles. The monoisotopic (exact) mass is 363 g/mol. The maximum absolute atomic E-state index is 13.7. The first-order valence-corrected chi connectivity index (χ1v) is 8.33. The Labute approximate surface area is 149 Å². The van der Waals surface area contributed by atoms with Crippen molar-refractivity contribution in [2.45, 2.75) is 37.8 Å². The van der Waals surface area contributed by atoms with Crippen LogP contribution in [0.15, 0.2) is 30.6 Å². The van der Waals surface area contributed by atoms with Gasteiger partial charge in [0.1, 0.15) is 17.7 Å².